The Morgan fingerprint density at radius 1 is 1.29 bits per heavy atom. The van der Waals surface area contributed by atoms with Gasteiger partial charge in [0.05, 0.1) is 10.7 Å². The maximum atomic E-state index is 11.5. The summed E-state index contributed by atoms with van der Waals surface area (Å²) >= 11 is 3.34. The molecular formula is C20H20BrN7O3. The number of carbonyl (C=O) groups is 2. The van der Waals surface area contributed by atoms with E-state index in [2.05, 4.69) is 58.2 Å². The van der Waals surface area contributed by atoms with E-state index in [1.165, 1.54) is 6.08 Å². The zero-order chi connectivity index (χ0) is 22.2. The van der Waals surface area contributed by atoms with Crippen molar-refractivity contribution in [3.63, 3.8) is 0 Å². The lowest BCUT2D eigenvalue weighted by atomic mass is 10.1. The van der Waals surface area contributed by atoms with Crippen molar-refractivity contribution in [2.24, 2.45) is 0 Å². The molecule has 1 aliphatic heterocycles. The molecule has 1 amide bonds. The van der Waals surface area contributed by atoms with Crippen LogP contribution in [0.25, 0.3) is 10.8 Å². The Kier molecular flexibility index (Phi) is 7.44. The van der Waals surface area contributed by atoms with Crippen LogP contribution < -0.4 is 15.5 Å². The minimum Gasteiger partial charge on any atom is -0.483 e. The van der Waals surface area contributed by atoms with E-state index < -0.39 is 0 Å². The quantitative estimate of drug-likeness (QED) is 0.368. The van der Waals surface area contributed by atoms with Crippen LogP contribution in [0.3, 0.4) is 0 Å². The molecule has 1 fully saturated rings. The van der Waals surface area contributed by atoms with E-state index in [1.54, 1.807) is 18.6 Å². The number of rotatable bonds is 5. The summed E-state index contributed by atoms with van der Waals surface area (Å²) < 4.78 is 0.848. The molecule has 1 aliphatic rings. The second-order valence-corrected chi connectivity index (χ2v) is 7.49. The average molecular weight is 486 g/mol. The van der Waals surface area contributed by atoms with E-state index in [1.807, 2.05) is 18.2 Å². The van der Waals surface area contributed by atoms with Gasteiger partial charge in [-0.3, -0.25) is 9.59 Å². The summed E-state index contributed by atoms with van der Waals surface area (Å²) in [6.07, 6.45) is 7.34. The average Bonchev–Trinajstić information content (AvgIpc) is 3.23. The number of aromatic nitrogens is 4. The van der Waals surface area contributed by atoms with Crippen LogP contribution in [-0.4, -0.2) is 56.8 Å². The molecule has 3 aromatic rings. The van der Waals surface area contributed by atoms with E-state index in [0.29, 0.717) is 11.6 Å². The number of anilines is 3. The monoisotopic (exact) mass is 485 g/mol. The highest BCUT2D eigenvalue weighted by Gasteiger charge is 2.25. The molecule has 1 aromatic carbocycles. The van der Waals surface area contributed by atoms with Crippen LogP contribution >= 0.6 is 15.9 Å². The second-order valence-electron chi connectivity index (χ2n) is 6.57. The number of nitrogens with one attached hydrogen (secondary N) is 2. The van der Waals surface area contributed by atoms with Gasteiger partial charge in [0.1, 0.15) is 0 Å². The molecule has 160 valence electrons. The zero-order valence-electron chi connectivity index (χ0n) is 16.4. The fourth-order valence-electron chi connectivity index (χ4n) is 3.22. The number of hydrogen-bond acceptors (Lipinski definition) is 8. The van der Waals surface area contributed by atoms with Gasteiger partial charge in [0, 0.05) is 48.0 Å². The SMILES string of the molecule is C=CC(=O)Nc1ccc2c(N3CCC(Nc4ncc(Br)cn4)C3)nncc2c1.O=CO. The summed E-state index contributed by atoms with van der Waals surface area (Å²) in [7, 11) is 0. The molecule has 0 radical (unpaired) electrons. The van der Waals surface area contributed by atoms with Gasteiger partial charge >= 0.3 is 0 Å². The van der Waals surface area contributed by atoms with Crippen LogP contribution in [0.2, 0.25) is 0 Å². The molecule has 0 bridgehead atoms. The minimum atomic E-state index is -0.250. The highest BCUT2D eigenvalue weighted by Crippen LogP contribution is 2.29. The van der Waals surface area contributed by atoms with Crippen molar-refractivity contribution in [1.29, 1.82) is 0 Å². The van der Waals surface area contributed by atoms with E-state index in [9.17, 15) is 4.79 Å². The number of fused-ring (bicyclic) bond motifs is 1. The Bertz CT molecular complexity index is 1080. The lowest BCUT2D eigenvalue weighted by molar-refractivity contribution is -0.122. The number of carboxylic acid groups (broad SMARTS) is 1. The van der Waals surface area contributed by atoms with Gasteiger partial charge in [0.15, 0.2) is 5.82 Å². The van der Waals surface area contributed by atoms with E-state index >= 15 is 0 Å². The van der Waals surface area contributed by atoms with Gasteiger partial charge in [-0.15, -0.1) is 5.10 Å². The topological polar surface area (TPSA) is 133 Å². The molecule has 4 rings (SSSR count). The first kappa shape index (κ1) is 22.1. The number of carbonyl (C=O) groups excluding carboxylic acids is 1. The van der Waals surface area contributed by atoms with Crippen molar-refractivity contribution in [2.75, 3.05) is 28.6 Å². The molecule has 10 nitrogen and oxygen atoms in total. The maximum Gasteiger partial charge on any atom is 0.290 e. The summed E-state index contributed by atoms with van der Waals surface area (Å²) in [5.41, 5.74) is 0.699. The predicted molar refractivity (Wildman–Crippen MR) is 121 cm³/mol. The van der Waals surface area contributed by atoms with Crippen LogP contribution in [-0.2, 0) is 9.59 Å². The number of hydrogen-bond donors (Lipinski definition) is 3. The molecule has 1 unspecified atom stereocenters. The Morgan fingerprint density at radius 3 is 2.74 bits per heavy atom. The number of benzene rings is 1. The summed E-state index contributed by atoms with van der Waals surface area (Å²) in [6.45, 7) is 4.86. The van der Waals surface area contributed by atoms with Gasteiger partial charge in [-0.2, -0.15) is 5.10 Å². The number of amides is 1. The van der Waals surface area contributed by atoms with Crippen molar-refractivity contribution in [3.05, 3.63) is 53.9 Å². The van der Waals surface area contributed by atoms with E-state index in [0.717, 1.165) is 40.6 Å². The van der Waals surface area contributed by atoms with Crippen LogP contribution in [0.5, 0.6) is 0 Å². The van der Waals surface area contributed by atoms with Gasteiger partial charge in [0.2, 0.25) is 11.9 Å². The maximum absolute atomic E-state index is 11.5. The summed E-state index contributed by atoms with van der Waals surface area (Å²) in [5, 5.41) is 23.4. The van der Waals surface area contributed by atoms with Crippen LogP contribution in [0.4, 0.5) is 17.5 Å². The molecule has 1 saturated heterocycles. The van der Waals surface area contributed by atoms with Crippen molar-refractivity contribution in [2.45, 2.75) is 12.5 Å². The zero-order valence-corrected chi connectivity index (χ0v) is 18.0. The third-order valence-corrected chi connectivity index (χ3v) is 4.95. The lowest BCUT2D eigenvalue weighted by Crippen LogP contribution is -2.27. The molecule has 3 N–H and O–H groups in total. The Morgan fingerprint density at radius 2 is 2.03 bits per heavy atom. The summed E-state index contributed by atoms with van der Waals surface area (Å²) in [6, 6.07) is 5.92. The van der Waals surface area contributed by atoms with Gasteiger partial charge in [-0.05, 0) is 46.6 Å². The first-order valence-corrected chi connectivity index (χ1v) is 10.1. The van der Waals surface area contributed by atoms with Gasteiger partial charge in [-0.1, -0.05) is 6.58 Å². The summed E-state index contributed by atoms with van der Waals surface area (Å²) in [5.74, 6) is 1.20. The normalized spacial score (nSPS) is 15.0. The molecule has 0 aliphatic carbocycles. The molecule has 0 saturated carbocycles. The molecule has 31 heavy (non-hydrogen) atoms. The number of nitrogens with zero attached hydrogens (tertiary/aromatic N) is 5. The van der Waals surface area contributed by atoms with Crippen LogP contribution in [0, 0.1) is 0 Å². The second kappa shape index (κ2) is 10.4. The highest BCUT2D eigenvalue weighted by atomic mass is 79.9. The Balaban J connectivity index is 0.000000858. The standard InChI is InChI=1S/C19H18BrN7O.CH2O2/c1-2-17(28)24-14-3-4-16-12(7-14)8-23-26-18(16)27-6-5-15(11-27)25-19-21-9-13(20)10-22-19;2-1-3/h2-4,7-10,15H,1,5-6,11H2,(H,24,28)(H,21,22,25);1H,(H,2,3). The highest BCUT2D eigenvalue weighted by molar-refractivity contribution is 9.10. The Hall–Kier alpha value is -3.60. The van der Waals surface area contributed by atoms with Gasteiger partial charge < -0.3 is 20.6 Å². The first-order valence-electron chi connectivity index (χ1n) is 9.29. The van der Waals surface area contributed by atoms with Crippen LogP contribution in [0.1, 0.15) is 6.42 Å². The third kappa shape index (κ3) is 5.72. The molecular weight excluding hydrogens is 466 g/mol. The molecule has 3 heterocycles. The third-order valence-electron chi connectivity index (χ3n) is 4.54. The van der Waals surface area contributed by atoms with Gasteiger partial charge in [-0.25, -0.2) is 9.97 Å². The smallest absolute Gasteiger partial charge is 0.290 e. The number of halogens is 1. The van der Waals surface area contributed by atoms with Crippen molar-refractivity contribution >= 4 is 56.5 Å². The minimum absolute atomic E-state index is 0.226. The fraction of sp³-hybridized carbons (Fsp3) is 0.200. The summed E-state index contributed by atoms with van der Waals surface area (Å²) in [4.78, 5) is 30.6. The molecule has 1 atom stereocenters. The van der Waals surface area contributed by atoms with Crippen molar-refractivity contribution < 1.29 is 14.7 Å². The fourth-order valence-corrected chi connectivity index (χ4v) is 3.42. The molecule has 0 spiro atoms. The molecule has 11 heteroatoms. The van der Waals surface area contributed by atoms with Crippen molar-refractivity contribution in [1.82, 2.24) is 20.2 Å². The van der Waals surface area contributed by atoms with Gasteiger partial charge in [0.25, 0.3) is 6.47 Å². The van der Waals surface area contributed by atoms with E-state index in [-0.39, 0.29) is 18.4 Å². The van der Waals surface area contributed by atoms with Crippen molar-refractivity contribution in [3.8, 4) is 0 Å². The molecule has 2 aromatic heterocycles. The van der Waals surface area contributed by atoms with Crippen LogP contribution in [0.15, 0.2) is 53.9 Å². The van der Waals surface area contributed by atoms with E-state index in [4.69, 9.17) is 9.90 Å². The predicted octanol–water partition coefficient (Wildman–Crippen LogP) is 2.70. The lowest BCUT2D eigenvalue weighted by Gasteiger charge is -2.19. The first-order chi connectivity index (χ1) is 15.0. The largest absolute Gasteiger partial charge is 0.483 e. The Labute approximate surface area is 186 Å².